The number of hydrogen-bond acceptors (Lipinski definition) is 4. The van der Waals surface area contributed by atoms with Crippen LogP contribution in [0.5, 0.6) is 0 Å². The Balaban J connectivity index is 1.57. The average molecular weight is 242 g/mol. The Labute approximate surface area is 104 Å². The lowest BCUT2D eigenvalue weighted by Crippen LogP contribution is -2.19. The molecule has 0 bridgehead atoms. The van der Waals surface area contributed by atoms with E-state index in [-0.39, 0.29) is 0 Å². The van der Waals surface area contributed by atoms with Crippen molar-refractivity contribution >= 4 is 11.0 Å². The molecule has 0 saturated carbocycles. The van der Waals surface area contributed by atoms with Gasteiger partial charge in [0.05, 0.1) is 19.0 Å². The van der Waals surface area contributed by atoms with Gasteiger partial charge in [0.25, 0.3) is 0 Å². The zero-order valence-corrected chi connectivity index (χ0v) is 9.91. The number of nitrogens with one attached hydrogen (secondary N) is 1. The molecular formula is C13H14N4O. The van der Waals surface area contributed by atoms with Gasteiger partial charge in [-0.05, 0) is 6.07 Å². The molecule has 0 radical (unpaired) electrons. The molecule has 0 atom stereocenters. The van der Waals surface area contributed by atoms with Gasteiger partial charge in [0.1, 0.15) is 5.58 Å². The normalized spacial score (nSPS) is 11.1. The smallest absolute Gasteiger partial charge is 0.134 e. The van der Waals surface area contributed by atoms with Crippen LogP contribution in [-0.2, 0) is 13.1 Å². The van der Waals surface area contributed by atoms with Crippen LogP contribution in [-0.4, -0.2) is 21.5 Å². The number of benzene rings is 1. The van der Waals surface area contributed by atoms with Gasteiger partial charge >= 0.3 is 0 Å². The Morgan fingerprint density at radius 2 is 2.22 bits per heavy atom. The van der Waals surface area contributed by atoms with Crippen molar-refractivity contribution in [3.8, 4) is 0 Å². The first-order chi connectivity index (χ1) is 8.93. The van der Waals surface area contributed by atoms with Gasteiger partial charge in [0, 0.05) is 30.2 Å². The monoisotopic (exact) mass is 242 g/mol. The van der Waals surface area contributed by atoms with Crippen molar-refractivity contribution in [3.05, 3.63) is 48.5 Å². The molecule has 0 saturated heterocycles. The molecule has 0 aliphatic carbocycles. The number of para-hydroxylation sites is 1. The first-order valence-corrected chi connectivity index (χ1v) is 5.93. The second kappa shape index (κ2) is 5.01. The summed E-state index contributed by atoms with van der Waals surface area (Å²) in [6.07, 6.45) is 5.35. The molecule has 18 heavy (non-hydrogen) atoms. The maximum absolute atomic E-state index is 5.48. The minimum atomic E-state index is 0.797. The number of nitrogens with zero attached hydrogens (tertiary/aromatic N) is 3. The number of aromatic nitrogens is 3. The van der Waals surface area contributed by atoms with Crippen LogP contribution in [0, 0.1) is 0 Å². The standard InChI is InChI=1S/C13H14N4O/c1-2-4-13-12(3-1)11(10-18-13)9-14-5-7-17-8-6-15-16-17/h1-4,6,8,10,14H,5,7,9H2. The third-order valence-electron chi connectivity index (χ3n) is 2.87. The molecule has 5 heteroatoms. The SMILES string of the molecule is c1ccc2c(CNCCn3ccnn3)coc2c1. The lowest BCUT2D eigenvalue weighted by atomic mass is 10.2. The first-order valence-electron chi connectivity index (χ1n) is 5.93. The van der Waals surface area contributed by atoms with Crippen molar-refractivity contribution < 1.29 is 4.42 Å². The van der Waals surface area contributed by atoms with Crippen molar-refractivity contribution in [1.29, 1.82) is 0 Å². The third-order valence-corrected chi connectivity index (χ3v) is 2.87. The molecule has 3 aromatic rings. The summed E-state index contributed by atoms with van der Waals surface area (Å²) >= 11 is 0. The summed E-state index contributed by atoms with van der Waals surface area (Å²) in [4.78, 5) is 0. The fourth-order valence-corrected chi connectivity index (χ4v) is 1.94. The van der Waals surface area contributed by atoms with E-state index in [1.165, 1.54) is 10.9 Å². The minimum absolute atomic E-state index is 0.797. The van der Waals surface area contributed by atoms with Crippen molar-refractivity contribution in [2.75, 3.05) is 6.54 Å². The van der Waals surface area contributed by atoms with Crippen LogP contribution in [0.3, 0.4) is 0 Å². The Bertz CT molecular complexity index is 615. The van der Waals surface area contributed by atoms with Crippen molar-refractivity contribution in [2.45, 2.75) is 13.1 Å². The third kappa shape index (κ3) is 2.26. The van der Waals surface area contributed by atoms with E-state index in [2.05, 4.69) is 21.7 Å². The predicted octanol–water partition coefficient (Wildman–Crippen LogP) is 1.81. The minimum Gasteiger partial charge on any atom is -0.464 e. The molecule has 0 spiro atoms. The van der Waals surface area contributed by atoms with Crippen LogP contribution in [0.25, 0.3) is 11.0 Å². The topological polar surface area (TPSA) is 55.9 Å². The van der Waals surface area contributed by atoms with Gasteiger partial charge in [-0.1, -0.05) is 23.4 Å². The molecule has 5 nitrogen and oxygen atoms in total. The lowest BCUT2D eigenvalue weighted by Gasteiger charge is -2.03. The Morgan fingerprint density at radius 3 is 3.11 bits per heavy atom. The van der Waals surface area contributed by atoms with Gasteiger partial charge in [-0.3, -0.25) is 4.68 Å². The zero-order chi connectivity index (χ0) is 12.2. The van der Waals surface area contributed by atoms with Crippen LogP contribution in [0.2, 0.25) is 0 Å². The van der Waals surface area contributed by atoms with Crippen molar-refractivity contribution in [1.82, 2.24) is 20.3 Å². The van der Waals surface area contributed by atoms with E-state index in [0.717, 1.165) is 25.2 Å². The molecule has 1 N–H and O–H groups in total. The summed E-state index contributed by atoms with van der Waals surface area (Å²) in [5.41, 5.74) is 2.12. The van der Waals surface area contributed by atoms with Crippen LogP contribution < -0.4 is 5.32 Å². The van der Waals surface area contributed by atoms with E-state index in [0.29, 0.717) is 0 Å². The molecule has 2 aromatic heterocycles. The van der Waals surface area contributed by atoms with Crippen molar-refractivity contribution in [2.24, 2.45) is 0 Å². The first kappa shape index (κ1) is 11.0. The zero-order valence-electron chi connectivity index (χ0n) is 9.91. The maximum atomic E-state index is 5.48. The van der Waals surface area contributed by atoms with Gasteiger partial charge in [-0.2, -0.15) is 0 Å². The fourth-order valence-electron chi connectivity index (χ4n) is 1.94. The maximum Gasteiger partial charge on any atom is 0.134 e. The molecular weight excluding hydrogens is 228 g/mol. The van der Waals surface area contributed by atoms with E-state index in [1.54, 1.807) is 10.9 Å². The molecule has 2 heterocycles. The molecule has 1 aromatic carbocycles. The number of rotatable bonds is 5. The van der Waals surface area contributed by atoms with Crippen LogP contribution in [0.1, 0.15) is 5.56 Å². The second-order valence-electron chi connectivity index (χ2n) is 4.10. The largest absolute Gasteiger partial charge is 0.464 e. The van der Waals surface area contributed by atoms with Gasteiger partial charge in [-0.15, -0.1) is 5.10 Å². The predicted molar refractivity (Wildman–Crippen MR) is 67.9 cm³/mol. The number of furan rings is 1. The highest BCUT2D eigenvalue weighted by atomic mass is 16.3. The van der Waals surface area contributed by atoms with E-state index in [9.17, 15) is 0 Å². The van der Waals surface area contributed by atoms with E-state index in [1.807, 2.05) is 30.7 Å². The highest BCUT2D eigenvalue weighted by Crippen LogP contribution is 2.20. The van der Waals surface area contributed by atoms with E-state index in [4.69, 9.17) is 4.42 Å². The summed E-state index contributed by atoms with van der Waals surface area (Å²) in [6, 6.07) is 8.06. The molecule has 92 valence electrons. The quantitative estimate of drug-likeness (QED) is 0.693. The summed E-state index contributed by atoms with van der Waals surface area (Å²) < 4.78 is 7.29. The van der Waals surface area contributed by atoms with Gasteiger partial charge < -0.3 is 9.73 Å². The summed E-state index contributed by atoms with van der Waals surface area (Å²) in [7, 11) is 0. The second-order valence-corrected chi connectivity index (χ2v) is 4.10. The molecule has 0 aliphatic rings. The highest BCUT2D eigenvalue weighted by molar-refractivity contribution is 5.80. The van der Waals surface area contributed by atoms with E-state index >= 15 is 0 Å². The van der Waals surface area contributed by atoms with Gasteiger partial charge in [0.15, 0.2) is 0 Å². The highest BCUT2D eigenvalue weighted by Gasteiger charge is 2.03. The Morgan fingerprint density at radius 1 is 1.28 bits per heavy atom. The molecule has 0 fully saturated rings. The summed E-state index contributed by atoms with van der Waals surface area (Å²) in [5.74, 6) is 0. The van der Waals surface area contributed by atoms with Crippen LogP contribution >= 0.6 is 0 Å². The van der Waals surface area contributed by atoms with E-state index < -0.39 is 0 Å². The van der Waals surface area contributed by atoms with Crippen molar-refractivity contribution in [3.63, 3.8) is 0 Å². The molecule has 0 amide bonds. The van der Waals surface area contributed by atoms with Crippen LogP contribution in [0.4, 0.5) is 0 Å². The molecule has 0 unspecified atom stereocenters. The number of hydrogen-bond donors (Lipinski definition) is 1. The summed E-state index contributed by atoms with van der Waals surface area (Å²) in [6.45, 7) is 2.46. The fraction of sp³-hybridized carbons (Fsp3) is 0.231. The van der Waals surface area contributed by atoms with Gasteiger partial charge in [-0.25, -0.2) is 0 Å². The number of fused-ring (bicyclic) bond motifs is 1. The Hall–Kier alpha value is -2.14. The van der Waals surface area contributed by atoms with Crippen LogP contribution in [0.15, 0.2) is 47.3 Å². The molecule has 3 rings (SSSR count). The summed E-state index contributed by atoms with van der Waals surface area (Å²) in [5, 5.41) is 12.2. The molecule has 0 aliphatic heterocycles. The lowest BCUT2D eigenvalue weighted by molar-refractivity contribution is 0.537. The Kier molecular flexibility index (Phi) is 3.06. The van der Waals surface area contributed by atoms with Gasteiger partial charge in [0.2, 0.25) is 0 Å². The average Bonchev–Trinajstić information content (AvgIpc) is 3.04.